The molecule has 3 aliphatic carbocycles. The van der Waals surface area contributed by atoms with Gasteiger partial charge in [-0.2, -0.15) is 0 Å². The summed E-state index contributed by atoms with van der Waals surface area (Å²) in [6.07, 6.45) is 28.3. The molecule has 0 aromatic carbocycles. The molecule has 0 saturated heterocycles. The van der Waals surface area contributed by atoms with Gasteiger partial charge in [0.1, 0.15) is 0 Å². The Morgan fingerprint density at radius 1 is 0.579 bits per heavy atom. The van der Waals surface area contributed by atoms with Crippen molar-refractivity contribution in [2.75, 3.05) is 0 Å². The Bertz CT molecular complexity index is 309. The summed E-state index contributed by atoms with van der Waals surface area (Å²) < 4.78 is 3.08. The van der Waals surface area contributed by atoms with Gasteiger partial charge >= 0.3 is 126 Å². The van der Waals surface area contributed by atoms with Gasteiger partial charge in [0.2, 0.25) is 0 Å². The summed E-state index contributed by atoms with van der Waals surface area (Å²) in [7, 11) is 0. The fourth-order valence-electron chi connectivity index (χ4n) is 3.87. The Hall–Kier alpha value is 0.0382. The molecule has 0 aromatic heterocycles. The van der Waals surface area contributed by atoms with E-state index in [0.29, 0.717) is 0 Å². The van der Waals surface area contributed by atoms with Crippen LogP contribution >= 0.6 is 0 Å². The third kappa shape index (κ3) is 3.57. The molecule has 1 heteroatoms. The first-order valence-electron chi connectivity index (χ1n) is 8.22. The van der Waals surface area contributed by atoms with Crippen molar-refractivity contribution in [2.45, 2.75) is 69.4 Å². The van der Waals surface area contributed by atoms with Gasteiger partial charge in [-0.1, -0.05) is 0 Å². The maximum absolute atomic E-state index is 2.64. The van der Waals surface area contributed by atoms with E-state index in [2.05, 4.69) is 36.5 Å². The van der Waals surface area contributed by atoms with Crippen LogP contribution in [0.1, 0.15) is 57.8 Å². The molecule has 3 unspecified atom stereocenters. The Kier molecular flexibility index (Phi) is 5.28. The third-order valence-electron chi connectivity index (χ3n) is 4.84. The van der Waals surface area contributed by atoms with Crippen molar-refractivity contribution in [2.24, 2.45) is 0 Å². The van der Waals surface area contributed by atoms with Gasteiger partial charge in [-0.05, 0) is 0 Å². The molecule has 0 bridgehead atoms. The quantitative estimate of drug-likeness (QED) is 0.437. The molecule has 0 amide bonds. The van der Waals surface area contributed by atoms with Gasteiger partial charge < -0.3 is 0 Å². The van der Waals surface area contributed by atoms with Crippen LogP contribution in [0.15, 0.2) is 36.5 Å². The van der Waals surface area contributed by atoms with E-state index in [0.717, 1.165) is 11.6 Å². The minimum absolute atomic E-state index is 1.03. The van der Waals surface area contributed by atoms with E-state index in [4.69, 9.17) is 0 Å². The third-order valence-corrected chi connectivity index (χ3v) is 15.1. The number of allylic oxidation sites excluding steroid dienone is 6. The minimum atomic E-state index is -1.26. The maximum atomic E-state index is 2.64. The van der Waals surface area contributed by atoms with E-state index in [-0.39, 0.29) is 0 Å². The van der Waals surface area contributed by atoms with Gasteiger partial charge in [0, 0.05) is 0 Å². The van der Waals surface area contributed by atoms with Crippen LogP contribution in [0.2, 0.25) is 11.6 Å². The van der Waals surface area contributed by atoms with Crippen LogP contribution in [0.5, 0.6) is 0 Å². The summed E-state index contributed by atoms with van der Waals surface area (Å²) in [4.78, 5) is 0. The van der Waals surface area contributed by atoms with Crippen molar-refractivity contribution in [1.82, 2.24) is 0 Å². The van der Waals surface area contributed by atoms with Crippen molar-refractivity contribution in [1.29, 1.82) is 0 Å². The van der Waals surface area contributed by atoms with Crippen molar-refractivity contribution < 1.29 is 0 Å². The standard InChI is InChI=1S/3C6H9.Sb/c3*1-2-4-6-5-3-1;/h3*1-3H,4-6H2;. The average Bonchev–Trinajstić information content (AvgIpc) is 2.51. The second-order valence-electron chi connectivity index (χ2n) is 6.23. The van der Waals surface area contributed by atoms with Gasteiger partial charge in [-0.15, -0.1) is 0 Å². The fraction of sp³-hybridized carbons (Fsp3) is 0.667. The number of hydrogen-bond acceptors (Lipinski definition) is 0. The zero-order valence-electron chi connectivity index (χ0n) is 12.0. The Balaban J connectivity index is 1.80. The molecule has 0 heterocycles. The second-order valence-corrected chi connectivity index (χ2v) is 14.5. The van der Waals surface area contributed by atoms with Crippen molar-refractivity contribution >= 4 is 20.2 Å². The van der Waals surface area contributed by atoms with Crippen LogP contribution < -0.4 is 0 Å². The van der Waals surface area contributed by atoms with Crippen LogP contribution in [-0.4, -0.2) is 20.2 Å². The van der Waals surface area contributed by atoms with E-state index in [1.54, 1.807) is 0 Å². The van der Waals surface area contributed by atoms with Crippen LogP contribution in [0, 0.1) is 0 Å². The number of rotatable bonds is 3. The molecule has 104 valence electrons. The zero-order valence-corrected chi connectivity index (χ0v) is 14.6. The molecule has 0 N–H and O–H groups in total. The summed E-state index contributed by atoms with van der Waals surface area (Å²) in [5.41, 5.74) is 0. The second kappa shape index (κ2) is 7.16. The Morgan fingerprint density at radius 2 is 0.947 bits per heavy atom. The molecule has 0 aliphatic heterocycles. The molecular formula is C18H27Sb. The molecule has 3 rings (SSSR count). The van der Waals surface area contributed by atoms with E-state index in [1.165, 1.54) is 57.8 Å². The summed E-state index contributed by atoms with van der Waals surface area (Å²) >= 11 is -1.26. The van der Waals surface area contributed by atoms with Gasteiger partial charge in [-0.3, -0.25) is 0 Å². The van der Waals surface area contributed by atoms with Crippen LogP contribution in [-0.2, 0) is 0 Å². The molecule has 0 aromatic rings. The molecule has 19 heavy (non-hydrogen) atoms. The Morgan fingerprint density at radius 3 is 1.21 bits per heavy atom. The predicted molar refractivity (Wildman–Crippen MR) is 86.0 cm³/mol. The van der Waals surface area contributed by atoms with Crippen molar-refractivity contribution in [3.8, 4) is 0 Å². The average molecular weight is 365 g/mol. The summed E-state index contributed by atoms with van der Waals surface area (Å²) in [5.74, 6) is 0. The molecule has 0 radical (unpaired) electrons. The van der Waals surface area contributed by atoms with Crippen molar-refractivity contribution in [3.05, 3.63) is 36.5 Å². The summed E-state index contributed by atoms with van der Waals surface area (Å²) in [6, 6.07) is 0. The molecule has 3 atom stereocenters. The predicted octanol–water partition coefficient (Wildman–Crippen LogP) is 5.81. The Labute approximate surface area is 126 Å². The first kappa shape index (κ1) is 14.0. The SMILES string of the molecule is C1=C[CH]([Sb]([CH]2C=CCCC2)[CH]2C=CCCC2)CCC1. The molecular weight excluding hydrogens is 338 g/mol. The van der Waals surface area contributed by atoms with Crippen LogP contribution in [0.3, 0.4) is 0 Å². The molecule has 0 saturated carbocycles. The normalized spacial score (nSPS) is 34.9. The van der Waals surface area contributed by atoms with E-state index < -0.39 is 20.2 Å². The molecule has 0 spiro atoms. The van der Waals surface area contributed by atoms with E-state index in [9.17, 15) is 0 Å². The van der Waals surface area contributed by atoms with Gasteiger partial charge in [0.15, 0.2) is 0 Å². The first-order chi connectivity index (χ1) is 9.45. The van der Waals surface area contributed by atoms with Gasteiger partial charge in [-0.25, -0.2) is 0 Å². The number of hydrogen-bond donors (Lipinski definition) is 0. The first-order valence-corrected chi connectivity index (χ1v) is 12.6. The van der Waals surface area contributed by atoms with Crippen LogP contribution in [0.4, 0.5) is 0 Å². The van der Waals surface area contributed by atoms with Gasteiger partial charge in [0.25, 0.3) is 0 Å². The molecule has 0 fully saturated rings. The molecule has 3 aliphatic rings. The van der Waals surface area contributed by atoms with E-state index in [1.807, 2.05) is 0 Å². The zero-order chi connectivity index (χ0) is 12.9. The summed E-state index contributed by atoms with van der Waals surface area (Å²) in [6.45, 7) is 0. The van der Waals surface area contributed by atoms with Gasteiger partial charge in [0.05, 0.1) is 0 Å². The topological polar surface area (TPSA) is 0 Å². The monoisotopic (exact) mass is 364 g/mol. The van der Waals surface area contributed by atoms with E-state index >= 15 is 0 Å². The molecule has 0 nitrogen and oxygen atoms in total. The van der Waals surface area contributed by atoms with Crippen molar-refractivity contribution in [3.63, 3.8) is 0 Å². The fourth-order valence-corrected chi connectivity index (χ4v) is 14.9. The van der Waals surface area contributed by atoms with Crippen LogP contribution in [0.25, 0.3) is 0 Å². The summed E-state index contributed by atoms with van der Waals surface area (Å²) in [5, 5.41) is 0.